The van der Waals surface area contributed by atoms with Gasteiger partial charge in [0.2, 0.25) is 0 Å². The first-order chi connectivity index (χ1) is 30.1. The number of ether oxygens (including phenoxy) is 2. The number of carbonyl (C=O) groups excluding carboxylic acids is 2. The first kappa shape index (κ1) is 58.6. The zero-order chi connectivity index (χ0) is 44.2. The van der Waals surface area contributed by atoms with Gasteiger partial charge in [-0.2, -0.15) is 0 Å². The summed E-state index contributed by atoms with van der Waals surface area (Å²) in [6.45, 7) is 4.09. The zero-order valence-electron chi connectivity index (χ0n) is 40.4. The molecule has 0 aliphatic rings. The fourth-order valence-corrected chi connectivity index (χ4v) is 7.52. The van der Waals surface area contributed by atoms with Crippen molar-refractivity contribution in [3.05, 3.63) is 60.8 Å². The molecule has 0 fully saturated rings. The van der Waals surface area contributed by atoms with Gasteiger partial charge in [-0.25, -0.2) is 0 Å². The molecule has 61 heavy (non-hydrogen) atoms. The maximum atomic E-state index is 12.3. The summed E-state index contributed by atoms with van der Waals surface area (Å²) in [5.41, 5.74) is 0. The minimum atomic E-state index is -0.778. The number of allylic oxidation sites excluding steroid dienone is 10. The highest BCUT2D eigenvalue weighted by atomic mass is 16.6. The molecule has 0 radical (unpaired) electrons. The van der Waals surface area contributed by atoms with Crippen LogP contribution < -0.4 is 0 Å². The van der Waals surface area contributed by atoms with E-state index in [1.54, 1.807) is 0 Å². The highest BCUT2D eigenvalue weighted by molar-refractivity contribution is 5.70. The van der Waals surface area contributed by atoms with Crippen molar-refractivity contribution in [3.8, 4) is 0 Å². The predicted octanol–water partition coefficient (Wildman–Crippen LogP) is 17.5. The van der Waals surface area contributed by atoms with Gasteiger partial charge >= 0.3 is 11.9 Å². The molecule has 0 aliphatic carbocycles. The van der Waals surface area contributed by atoms with Crippen LogP contribution in [-0.4, -0.2) is 36.4 Å². The highest BCUT2D eigenvalue weighted by Gasteiger charge is 2.16. The van der Waals surface area contributed by atoms with Gasteiger partial charge in [-0.1, -0.05) is 235 Å². The number of esters is 2. The van der Waals surface area contributed by atoms with Crippen molar-refractivity contribution in [2.75, 3.05) is 13.2 Å². The summed E-state index contributed by atoms with van der Waals surface area (Å²) in [7, 11) is 0. The first-order valence-electron chi connectivity index (χ1n) is 26.3. The monoisotopic (exact) mass is 853 g/mol. The number of carbonyl (C=O) groups is 2. The standard InChI is InChI=1S/C56H100O5/c1-3-5-7-9-11-13-15-17-19-20-21-22-23-24-25-26-27-28-29-30-31-32-33-34-35-36-37-39-41-43-45-47-49-51-56(59)61-54(52-57)53-60-55(58)50-48-46-44-42-40-38-18-16-14-12-10-8-6-4-2/h10,12,15-18,20-21,23-24,54,57H,3-9,11,13-14,19,22,25-53H2,1-2H3/b12-10-,17-15-,18-16-,21-20-,24-23-. The van der Waals surface area contributed by atoms with Crippen molar-refractivity contribution >= 4 is 11.9 Å². The molecule has 5 heteroatoms. The molecule has 0 rings (SSSR count). The fraction of sp³-hybridized carbons (Fsp3) is 0.786. The molecular formula is C56H100O5. The summed E-state index contributed by atoms with van der Waals surface area (Å²) in [6, 6.07) is 0. The largest absolute Gasteiger partial charge is 0.462 e. The van der Waals surface area contributed by atoms with Crippen LogP contribution in [0.2, 0.25) is 0 Å². The third kappa shape index (κ3) is 50.1. The minimum Gasteiger partial charge on any atom is -0.462 e. The van der Waals surface area contributed by atoms with Crippen LogP contribution >= 0.6 is 0 Å². The van der Waals surface area contributed by atoms with E-state index >= 15 is 0 Å². The molecule has 354 valence electrons. The van der Waals surface area contributed by atoms with E-state index in [1.165, 1.54) is 173 Å². The SMILES string of the molecule is CCCC/C=C\C/C=C\CCCCCCCC(=O)OCC(CO)OC(=O)CCCCCCCCCCCCCCCCCCCC/C=C\C/C=C\C/C=C\CCCCCCC. The maximum absolute atomic E-state index is 12.3. The second kappa shape index (κ2) is 51.9. The molecule has 1 atom stereocenters. The number of hydrogen-bond donors (Lipinski definition) is 1. The Bertz CT molecular complexity index is 1060. The summed E-state index contributed by atoms with van der Waals surface area (Å²) in [6.07, 6.45) is 69.0. The smallest absolute Gasteiger partial charge is 0.306 e. The highest BCUT2D eigenvalue weighted by Crippen LogP contribution is 2.16. The summed E-state index contributed by atoms with van der Waals surface area (Å²) in [5, 5.41) is 9.61. The second-order valence-corrected chi connectivity index (χ2v) is 17.6. The Hall–Kier alpha value is -2.40. The number of unbranched alkanes of at least 4 members (excludes halogenated alkanes) is 30. The molecule has 0 aromatic rings. The maximum Gasteiger partial charge on any atom is 0.306 e. The van der Waals surface area contributed by atoms with E-state index in [0.29, 0.717) is 12.8 Å². The van der Waals surface area contributed by atoms with E-state index in [2.05, 4.69) is 74.6 Å². The van der Waals surface area contributed by atoms with Crippen molar-refractivity contribution in [2.45, 2.75) is 270 Å². The topological polar surface area (TPSA) is 72.8 Å². The molecular weight excluding hydrogens is 753 g/mol. The van der Waals surface area contributed by atoms with Gasteiger partial charge in [0.25, 0.3) is 0 Å². The van der Waals surface area contributed by atoms with Crippen LogP contribution in [0.4, 0.5) is 0 Å². The van der Waals surface area contributed by atoms with Crippen molar-refractivity contribution in [2.24, 2.45) is 0 Å². The van der Waals surface area contributed by atoms with Crippen LogP contribution in [-0.2, 0) is 19.1 Å². The third-order valence-electron chi connectivity index (χ3n) is 11.5. The third-order valence-corrected chi connectivity index (χ3v) is 11.5. The Kier molecular flexibility index (Phi) is 49.9. The van der Waals surface area contributed by atoms with Crippen molar-refractivity contribution in [1.82, 2.24) is 0 Å². The van der Waals surface area contributed by atoms with Crippen molar-refractivity contribution in [3.63, 3.8) is 0 Å². The molecule has 0 aliphatic heterocycles. The molecule has 0 bridgehead atoms. The molecule has 0 aromatic heterocycles. The van der Waals surface area contributed by atoms with Gasteiger partial charge in [-0.05, 0) is 77.0 Å². The summed E-state index contributed by atoms with van der Waals surface area (Å²) in [4.78, 5) is 24.4. The van der Waals surface area contributed by atoms with Gasteiger partial charge in [-0.3, -0.25) is 9.59 Å². The molecule has 0 aromatic carbocycles. The lowest BCUT2D eigenvalue weighted by Gasteiger charge is -2.15. The van der Waals surface area contributed by atoms with Gasteiger partial charge in [-0.15, -0.1) is 0 Å². The molecule has 0 spiro atoms. The van der Waals surface area contributed by atoms with Crippen LogP contribution in [0.15, 0.2) is 60.8 Å². The van der Waals surface area contributed by atoms with Crippen LogP contribution in [0, 0.1) is 0 Å². The molecule has 0 saturated heterocycles. The first-order valence-corrected chi connectivity index (χ1v) is 26.3. The predicted molar refractivity (Wildman–Crippen MR) is 265 cm³/mol. The lowest BCUT2D eigenvalue weighted by atomic mass is 10.0. The number of aliphatic hydroxyl groups is 1. The number of aliphatic hydroxyl groups excluding tert-OH is 1. The second-order valence-electron chi connectivity index (χ2n) is 17.6. The van der Waals surface area contributed by atoms with E-state index in [9.17, 15) is 14.7 Å². The molecule has 0 amide bonds. The zero-order valence-corrected chi connectivity index (χ0v) is 40.4. The van der Waals surface area contributed by atoms with Crippen molar-refractivity contribution < 1.29 is 24.2 Å². The Balaban J connectivity index is 3.45. The summed E-state index contributed by atoms with van der Waals surface area (Å²) >= 11 is 0. The van der Waals surface area contributed by atoms with Crippen LogP contribution in [0.25, 0.3) is 0 Å². The molecule has 0 heterocycles. The van der Waals surface area contributed by atoms with Gasteiger partial charge in [0.1, 0.15) is 6.61 Å². The molecule has 1 unspecified atom stereocenters. The van der Waals surface area contributed by atoms with Gasteiger partial charge in [0, 0.05) is 12.8 Å². The van der Waals surface area contributed by atoms with Crippen LogP contribution in [0.5, 0.6) is 0 Å². The van der Waals surface area contributed by atoms with Gasteiger partial charge < -0.3 is 14.6 Å². The van der Waals surface area contributed by atoms with Crippen molar-refractivity contribution in [1.29, 1.82) is 0 Å². The van der Waals surface area contributed by atoms with E-state index < -0.39 is 6.10 Å². The average Bonchev–Trinajstić information content (AvgIpc) is 3.26. The Morgan fingerprint density at radius 3 is 1.03 bits per heavy atom. The summed E-state index contributed by atoms with van der Waals surface area (Å²) in [5.74, 6) is -0.601. The lowest BCUT2D eigenvalue weighted by Crippen LogP contribution is -2.28. The van der Waals surface area contributed by atoms with Gasteiger partial charge in [0.05, 0.1) is 6.61 Å². The molecule has 0 saturated carbocycles. The Morgan fingerprint density at radius 2 is 0.672 bits per heavy atom. The molecule has 1 N–H and O–H groups in total. The normalized spacial score (nSPS) is 12.6. The Morgan fingerprint density at radius 1 is 0.377 bits per heavy atom. The fourth-order valence-electron chi connectivity index (χ4n) is 7.52. The van der Waals surface area contributed by atoms with Gasteiger partial charge in [0.15, 0.2) is 6.10 Å². The van der Waals surface area contributed by atoms with E-state index in [-0.39, 0.29) is 25.2 Å². The van der Waals surface area contributed by atoms with E-state index in [4.69, 9.17) is 9.47 Å². The minimum absolute atomic E-state index is 0.0724. The number of hydrogen-bond acceptors (Lipinski definition) is 5. The average molecular weight is 853 g/mol. The number of rotatable bonds is 48. The van der Waals surface area contributed by atoms with E-state index in [0.717, 1.165) is 64.2 Å². The van der Waals surface area contributed by atoms with Crippen LogP contribution in [0.1, 0.15) is 264 Å². The lowest BCUT2D eigenvalue weighted by molar-refractivity contribution is -0.161. The van der Waals surface area contributed by atoms with Crippen LogP contribution in [0.3, 0.4) is 0 Å². The van der Waals surface area contributed by atoms with E-state index in [1.807, 2.05) is 0 Å². The Labute approximate surface area is 379 Å². The summed E-state index contributed by atoms with van der Waals surface area (Å²) < 4.78 is 10.7. The quantitative estimate of drug-likeness (QED) is 0.0375. The molecule has 5 nitrogen and oxygen atoms in total.